The van der Waals surface area contributed by atoms with Crippen molar-refractivity contribution in [2.24, 2.45) is 5.73 Å². The Morgan fingerprint density at radius 1 is 1.82 bits per heavy atom. The van der Waals surface area contributed by atoms with Gasteiger partial charge in [-0.05, 0) is 19.8 Å². The minimum absolute atomic E-state index is 0.00435. The number of Topliss-reactive ketones (excluding diaryl/α,β-unsaturated/α-hetero) is 1. The molecule has 0 saturated heterocycles. The number of hydrogen-bond acceptors (Lipinski definition) is 3. The van der Waals surface area contributed by atoms with Gasteiger partial charge in [-0.25, -0.2) is 0 Å². The highest BCUT2D eigenvalue weighted by Gasteiger charge is 2.16. The highest BCUT2D eigenvalue weighted by atomic mass is 16.5. The normalized spacial score (nSPS) is 20.0. The Bertz CT molecular complexity index is 185. The summed E-state index contributed by atoms with van der Waals surface area (Å²) in [5.74, 6) is 0.00435. The summed E-state index contributed by atoms with van der Waals surface area (Å²) in [6.45, 7) is 2.41. The number of carbonyl (C=O) groups is 1. The zero-order chi connectivity index (χ0) is 8.27. The van der Waals surface area contributed by atoms with Crippen LogP contribution in [0.4, 0.5) is 0 Å². The van der Waals surface area contributed by atoms with E-state index < -0.39 is 6.04 Å². The topological polar surface area (TPSA) is 52.3 Å². The van der Waals surface area contributed by atoms with Gasteiger partial charge in [-0.2, -0.15) is 0 Å². The van der Waals surface area contributed by atoms with Crippen LogP contribution in [0.3, 0.4) is 0 Å². The monoisotopic (exact) mass is 155 g/mol. The molecule has 1 aliphatic rings. The summed E-state index contributed by atoms with van der Waals surface area (Å²) in [5, 5.41) is 0. The molecule has 0 aromatic carbocycles. The van der Waals surface area contributed by atoms with Crippen molar-refractivity contribution in [1.82, 2.24) is 0 Å². The molecular weight excluding hydrogens is 142 g/mol. The first kappa shape index (κ1) is 8.27. The number of rotatable bonds is 2. The predicted molar refractivity (Wildman–Crippen MR) is 41.9 cm³/mol. The molecule has 62 valence electrons. The molecule has 3 nitrogen and oxygen atoms in total. The van der Waals surface area contributed by atoms with Gasteiger partial charge in [0.2, 0.25) is 0 Å². The van der Waals surface area contributed by atoms with Gasteiger partial charge in [0.15, 0.2) is 5.78 Å². The van der Waals surface area contributed by atoms with Crippen LogP contribution in [0.25, 0.3) is 0 Å². The van der Waals surface area contributed by atoms with Crippen molar-refractivity contribution in [2.75, 3.05) is 6.61 Å². The highest BCUT2D eigenvalue weighted by Crippen LogP contribution is 2.13. The lowest BCUT2D eigenvalue weighted by Crippen LogP contribution is -2.29. The maximum Gasteiger partial charge on any atom is 0.178 e. The van der Waals surface area contributed by atoms with E-state index in [9.17, 15) is 4.79 Å². The lowest BCUT2D eigenvalue weighted by atomic mass is 10.0. The van der Waals surface area contributed by atoms with E-state index in [1.807, 2.05) is 0 Å². The lowest BCUT2D eigenvalue weighted by Gasteiger charge is -2.13. The first-order chi connectivity index (χ1) is 5.22. The Morgan fingerprint density at radius 3 is 3.00 bits per heavy atom. The smallest absolute Gasteiger partial charge is 0.178 e. The fraction of sp³-hybridized carbons (Fsp3) is 0.625. The third-order valence-electron chi connectivity index (χ3n) is 1.66. The Morgan fingerprint density at radius 2 is 2.55 bits per heavy atom. The Labute approximate surface area is 66.2 Å². The van der Waals surface area contributed by atoms with E-state index in [0.717, 1.165) is 25.0 Å². The molecular formula is C8H13NO2. The minimum atomic E-state index is -0.400. The van der Waals surface area contributed by atoms with Crippen LogP contribution in [-0.2, 0) is 9.53 Å². The molecule has 0 radical (unpaired) electrons. The second kappa shape index (κ2) is 3.53. The predicted octanol–water partition coefficient (Wildman–Crippen LogP) is 0.597. The van der Waals surface area contributed by atoms with Gasteiger partial charge in [0.05, 0.1) is 18.9 Å². The van der Waals surface area contributed by atoms with Crippen molar-refractivity contribution in [3.8, 4) is 0 Å². The summed E-state index contributed by atoms with van der Waals surface area (Å²) < 4.78 is 5.01. The van der Waals surface area contributed by atoms with Crippen molar-refractivity contribution >= 4 is 5.78 Å². The average molecular weight is 155 g/mol. The average Bonchev–Trinajstić information content (AvgIpc) is 2.05. The fourth-order valence-electron chi connectivity index (χ4n) is 1.04. The second-order valence-electron chi connectivity index (χ2n) is 2.77. The van der Waals surface area contributed by atoms with Crippen molar-refractivity contribution in [1.29, 1.82) is 0 Å². The van der Waals surface area contributed by atoms with Crippen LogP contribution in [0.5, 0.6) is 0 Å². The van der Waals surface area contributed by atoms with Gasteiger partial charge in [0, 0.05) is 5.57 Å². The molecule has 1 atom stereocenters. The molecule has 0 bridgehead atoms. The number of ether oxygens (including phenoxy) is 1. The van der Waals surface area contributed by atoms with Gasteiger partial charge >= 0.3 is 0 Å². The molecule has 1 heterocycles. The van der Waals surface area contributed by atoms with Gasteiger partial charge in [-0.1, -0.05) is 0 Å². The third kappa shape index (κ3) is 2.05. The SMILES string of the molecule is C[C@@H](N)C(=O)C1=COCCC1. The van der Waals surface area contributed by atoms with Crippen molar-refractivity contribution in [3.63, 3.8) is 0 Å². The van der Waals surface area contributed by atoms with Gasteiger partial charge in [0.1, 0.15) is 0 Å². The van der Waals surface area contributed by atoms with Gasteiger partial charge in [0.25, 0.3) is 0 Å². The zero-order valence-corrected chi connectivity index (χ0v) is 6.67. The van der Waals surface area contributed by atoms with Crippen molar-refractivity contribution in [3.05, 3.63) is 11.8 Å². The molecule has 0 amide bonds. The van der Waals surface area contributed by atoms with Gasteiger partial charge in [-0.15, -0.1) is 0 Å². The molecule has 0 spiro atoms. The van der Waals surface area contributed by atoms with E-state index in [0.29, 0.717) is 0 Å². The molecule has 0 saturated carbocycles. The largest absolute Gasteiger partial charge is 0.501 e. The van der Waals surface area contributed by atoms with Crippen LogP contribution in [0.2, 0.25) is 0 Å². The summed E-state index contributed by atoms with van der Waals surface area (Å²) in [4.78, 5) is 11.2. The van der Waals surface area contributed by atoms with Crippen molar-refractivity contribution < 1.29 is 9.53 Å². The van der Waals surface area contributed by atoms with Crippen molar-refractivity contribution in [2.45, 2.75) is 25.8 Å². The lowest BCUT2D eigenvalue weighted by molar-refractivity contribution is -0.116. The standard InChI is InChI=1S/C8H13NO2/c1-6(9)8(10)7-3-2-4-11-5-7/h5-6H,2-4,9H2,1H3/t6-/m1/s1. The number of hydrogen-bond donors (Lipinski definition) is 1. The summed E-state index contributed by atoms with van der Waals surface area (Å²) in [5.41, 5.74) is 6.15. The van der Waals surface area contributed by atoms with E-state index in [1.54, 1.807) is 6.92 Å². The van der Waals surface area contributed by atoms with Crippen LogP contribution in [0.1, 0.15) is 19.8 Å². The van der Waals surface area contributed by atoms with Crippen LogP contribution < -0.4 is 5.73 Å². The zero-order valence-electron chi connectivity index (χ0n) is 6.67. The summed E-state index contributed by atoms with van der Waals surface area (Å²) in [6.07, 6.45) is 3.26. The minimum Gasteiger partial charge on any atom is -0.501 e. The third-order valence-corrected chi connectivity index (χ3v) is 1.66. The molecule has 0 fully saturated rings. The quantitative estimate of drug-likeness (QED) is 0.635. The number of ketones is 1. The van der Waals surface area contributed by atoms with E-state index in [4.69, 9.17) is 10.5 Å². The molecule has 1 aliphatic heterocycles. The molecule has 2 N–H and O–H groups in total. The first-order valence-electron chi connectivity index (χ1n) is 3.82. The van der Waals surface area contributed by atoms with Crippen LogP contribution in [-0.4, -0.2) is 18.4 Å². The second-order valence-corrected chi connectivity index (χ2v) is 2.77. The maximum atomic E-state index is 11.2. The van der Waals surface area contributed by atoms with E-state index in [2.05, 4.69) is 0 Å². The van der Waals surface area contributed by atoms with Gasteiger partial charge in [-0.3, -0.25) is 4.79 Å². The molecule has 1 rings (SSSR count). The number of carbonyl (C=O) groups excluding carboxylic acids is 1. The maximum absolute atomic E-state index is 11.2. The molecule has 0 aromatic rings. The first-order valence-corrected chi connectivity index (χ1v) is 3.82. The summed E-state index contributed by atoms with van der Waals surface area (Å²) in [6, 6.07) is -0.400. The molecule has 3 heteroatoms. The molecule has 0 unspecified atom stereocenters. The summed E-state index contributed by atoms with van der Waals surface area (Å²) in [7, 11) is 0. The molecule has 11 heavy (non-hydrogen) atoms. The number of nitrogens with two attached hydrogens (primary N) is 1. The molecule has 0 aliphatic carbocycles. The van der Waals surface area contributed by atoms with Crippen LogP contribution >= 0.6 is 0 Å². The molecule has 0 aromatic heterocycles. The summed E-state index contributed by atoms with van der Waals surface area (Å²) >= 11 is 0. The Kier molecular flexibility index (Phi) is 2.65. The van der Waals surface area contributed by atoms with Crippen LogP contribution in [0.15, 0.2) is 11.8 Å². The Hall–Kier alpha value is -0.830. The fourth-order valence-corrected chi connectivity index (χ4v) is 1.04. The highest BCUT2D eigenvalue weighted by molar-refractivity contribution is 5.98. The van der Waals surface area contributed by atoms with Gasteiger partial charge < -0.3 is 10.5 Å². The van der Waals surface area contributed by atoms with E-state index in [-0.39, 0.29) is 5.78 Å². The van der Waals surface area contributed by atoms with E-state index in [1.165, 1.54) is 6.26 Å². The Balaban J connectivity index is 2.58. The van der Waals surface area contributed by atoms with Crippen LogP contribution in [0, 0.1) is 0 Å². The van der Waals surface area contributed by atoms with E-state index >= 15 is 0 Å².